The van der Waals surface area contributed by atoms with Gasteiger partial charge in [-0.15, -0.1) is 0 Å². The smallest absolute Gasteiger partial charge is 0.251 e. The summed E-state index contributed by atoms with van der Waals surface area (Å²) in [5.74, 6) is -2.09. The molecule has 0 aromatic heterocycles. The van der Waals surface area contributed by atoms with Crippen molar-refractivity contribution >= 4 is 29.1 Å². The third kappa shape index (κ3) is 4.03. The van der Waals surface area contributed by atoms with Gasteiger partial charge in [-0.1, -0.05) is 0 Å². The number of carboxylic acids is 1. The van der Waals surface area contributed by atoms with Crippen LogP contribution in [0.15, 0.2) is 40.6 Å². The highest BCUT2D eigenvalue weighted by molar-refractivity contribution is 6.24. The Kier molecular flexibility index (Phi) is 4.90. The topological polar surface area (TPSA) is 119 Å². The van der Waals surface area contributed by atoms with Gasteiger partial charge in [0.25, 0.3) is 5.91 Å². The number of nitrogens with one attached hydrogen (secondary N) is 1. The van der Waals surface area contributed by atoms with E-state index in [2.05, 4.69) is 10.3 Å². The number of aliphatic carboxylic acids is 1. The van der Waals surface area contributed by atoms with E-state index in [1.54, 1.807) is 12.1 Å². The van der Waals surface area contributed by atoms with Crippen molar-refractivity contribution in [2.45, 2.75) is 19.8 Å². The molecule has 0 unspecified atom stereocenters. The molecule has 1 aromatic rings. The Morgan fingerprint density at radius 2 is 1.87 bits per heavy atom. The molecule has 23 heavy (non-hydrogen) atoms. The van der Waals surface area contributed by atoms with Crippen LogP contribution in [-0.2, 0) is 9.59 Å². The number of aliphatic hydroxyl groups is 1. The van der Waals surface area contributed by atoms with Gasteiger partial charge in [0, 0.05) is 12.0 Å². The fourth-order valence-electron chi connectivity index (χ4n) is 2.27. The molecule has 2 N–H and O–H groups in total. The quantitative estimate of drug-likeness (QED) is 0.817. The molecule has 2 rings (SSSR count). The number of hydrogen-bond acceptors (Lipinski definition) is 6. The number of rotatable bonds is 5. The van der Waals surface area contributed by atoms with Crippen LogP contribution in [0.5, 0.6) is 0 Å². The maximum Gasteiger partial charge on any atom is 0.251 e. The van der Waals surface area contributed by atoms with E-state index in [0.29, 0.717) is 24.2 Å². The molecule has 7 heteroatoms. The molecular formula is C16H15N2O5-. The van der Waals surface area contributed by atoms with Crippen LogP contribution in [-0.4, -0.2) is 35.0 Å². The van der Waals surface area contributed by atoms with Gasteiger partial charge in [-0.05, 0) is 37.6 Å². The summed E-state index contributed by atoms with van der Waals surface area (Å²) < 4.78 is 0. The van der Waals surface area contributed by atoms with Crippen molar-refractivity contribution in [3.8, 4) is 0 Å². The number of carboxylic acid groups (broad SMARTS) is 1. The van der Waals surface area contributed by atoms with Crippen molar-refractivity contribution in [2.24, 2.45) is 4.99 Å². The van der Waals surface area contributed by atoms with Crippen LogP contribution in [0.25, 0.3) is 0 Å². The predicted molar refractivity (Wildman–Crippen MR) is 80.4 cm³/mol. The minimum absolute atomic E-state index is 0.0505. The van der Waals surface area contributed by atoms with Crippen LogP contribution in [0, 0.1) is 0 Å². The highest BCUT2D eigenvalue weighted by atomic mass is 16.4. The third-order valence-electron chi connectivity index (χ3n) is 3.31. The SMILES string of the molecule is CC(=O)C1=C(O)CCC1=Nc1ccc(C(=O)NCC(=O)[O-])cc1. The van der Waals surface area contributed by atoms with Crippen LogP contribution in [0.3, 0.4) is 0 Å². The second-order valence-electron chi connectivity index (χ2n) is 5.04. The molecule has 0 aliphatic heterocycles. The Morgan fingerprint density at radius 3 is 2.43 bits per heavy atom. The van der Waals surface area contributed by atoms with Crippen molar-refractivity contribution < 1.29 is 24.6 Å². The van der Waals surface area contributed by atoms with Crippen LogP contribution >= 0.6 is 0 Å². The number of allylic oxidation sites excluding steroid dienone is 2. The van der Waals surface area contributed by atoms with Crippen molar-refractivity contribution in [2.75, 3.05) is 6.54 Å². The van der Waals surface area contributed by atoms with Gasteiger partial charge in [-0.25, -0.2) is 0 Å². The first-order chi connectivity index (χ1) is 10.9. The van der Waals surface area contributed by atoms with Gasteiger partial charge in [-0.2, -0.15) is 0 Å². The number of benzene rings is 1. The van der Waals surface area contributed by atoms with Crippen molar-refractivity contribution in [1.82, 2.24) is 5.32 Å². The Labute approximate surface area is 132 Å². The number of carbonyl (C=O) groups is 3. The molecular weight excluding hydrogens is 300 g/mol. The molecule has 7 nitrogen and oxygen atoms in total. The van der Waals surface area contributed by atoms with E-state index in [4.69, 9.17) is 0 Å². The van der Waals surface area contributed by atoms with Crippen molar-refractivity contribution in [3.63, 3.8) is 0 Å². The number of aliphatic imine (C=N–C) groups is 1. The Balaban J connectivity index is 2.14. The maximum atomic E-state index is 11.7. The van der Waals surface area contributed by atoms with Gasteiger partial charge >= 0.3 is 0 Å². The summed E-state index contributed by atoms with van der Waals surface area (Å²) in [5.41, 5.74) is 1.58. The van der Waals surface area contributed by atoms with Gasteiger partial charge < -0.3 is 20.3 Å². The highest BCUT2D eigenvalue weighted by Crippen LogP contribution is 2.25. The lowest BCUT2D eigenvalue weighted by atomic mass is 10.1. The number of amides is 1. The Morgan fingerprint density at radius 1 is 1.22 bits per heavy atom. The minimum atomic E-state index is -1.37. The molecule has 1 aromatic carbocycles. The molecule has 0 atom stereocenters. The molecule has 0 fully saturated rings. The number of Topliss-reactive ketones (excluding diaryl/α,β-unsaturated/α-hetero) is 1. The standard InChI is InChI=1S/C16H16N2O5/c1-9(19)15-12(6-7-13(15)20)18-11-4-2-10(3-5-11)16(23)17-8-14(21)22/h2-5,20H,6-8H2,1H3,(H,17,23)(H,21,22)/p-1. The Hall–Kier alpha value is -2.96. The van der Waals surface area contributed by atoms with E-state index in [1.807, 2.05) is 0 Å². The normalized spacial score (nSPS) is 15.8. The second-order valence-corrected chi connectivity index (χ2v) is 5.04. The zero-order chi connectivity index (χ0) is 17.0. The summed E-state index contributed by atoms with van der Waals surface area (Å²) in [6.07, 6.45) is 0.867. The number of hydrogen-bond donors (Lipinski definition) is 2. The van der Waals surface area contributed by atoms with E-state index in [1.165, 1.54) is 19.1 Å². The van der Waals surface area contributed by atoms with Crippen LogP contribution in [0.1, 0.15) is 30.1 Å². The van der Waals surface area contributed by atoms with Gasteiger partial charge in [-0.3, -0.25) is 14.6 Å². The number of carbonyl (C=O) groups excluding carboxylic acids is 3. The van der Waals surface area contributed by atoms with E-state index in [-0.39, 0.29) is 22.7 Å². The minimum Gasteiger partial charge on any atom is -0.548 e. The summed E-state index contributed by atoms with van der Waals surface area (Å²) in [5, 5.41) is 22.2. The second kappa shape index (κ2) is 6.87. The molecule has 0 saturated carbocycles. The van der Waals surface area contributed by atoms with E-state index in [9.17, 15) is 24.6 Å². The first-order valence-electron chi connectivity index (χ1n) is 6.97. The van der Waals surface area contributed by atoms with Gasteiger partial charge in [0.05, 0.1) is 29.5 Å². The number of nitrogens with zero attached hydrogens (tertiary/aromatic N) is 1. The van der Waals surface area contributed by atoms with E-state index >= 15 is 0 Å². The molecule has 120 valence electrons. The lowest BCUT2D eigenvalue weighted by Gasteiger charge is -2.06. The lowest BCUT2D eigenvalue weighted by molar-refractivity contribution is -0.303. The zero-order valence-corrected chi connectivity index (χ0v) is 12.5. The molecule has 0 heterocycles. The van der Waals surface area contributed by atoms with Gasteiger partial charge in [0.2, 0.25) is 0 Å². The molecule has 1 aliphatic rings. The maximum absolute atomic E-state index is 11.7. The van der Waals surface area contributed by atoms with E-state index in [0.717, 1.165) is 0 Å². The third-order valence-corrected chi connectivity index (χ3v) is 3.31. The summed E-state index contributed by atoms with van der Waals surface area (Å²) in [7, 11) is 0. The average molecular weight is 315 g/mol. The van der Waals surface area contributed by atoms with Gasteiger partial charge in [0.15, 0.2) is 5.78 Å². The molecule has 0 spiro atoms. The summed E-state index contributed by atoms with van der Waals surface area (Å²) in [6.45, 7) is 0.812. The van der Waals surface area contributed by atoms with E-state index < -0.39 is 18.4 Å². The van der Waals surface area contributed by atoms with Crippen molar-refractivity contribution in [3.05, 3.63) is 41.2 Å². The lowest BCUT2D eigenvalue weighted by Crippen LogP contribution is -2.37. The average Bonchev–Trinajstić information content (AvgIpc) is 2.86. The monoisotopic (exact) mass is 315 g/mol. The highest BCUT2D eigenvalue weighted by Gasteiger charge is 2.24. The Bertz CT molecular complexity index is 716. The van der Waals surface area contributed by atoms with Crippen molar-refractivity contribution in [1.29, 1.82) is 0 Å². The first-order valence-corrected chi connectivity index (χ1v) is 6.97. The van der Waals surface area contributed by atoms with Crippen LogP contribution in [0.4, 0.5) is 5.69 Å². The molecule has 1 amide bonds. The van der Waals surface area contributed by atoms with Crippen LogP contribution in [0.2, 0.25) is 0 Å². The van der Waals surface area contributed by atoms with Gasteiger partial charge in [0.1, 0.15) is 5.76 Å². The summed E-state index contributed by atoms with van der Waals surface area (Å²) in [6, 6.07) is 6.15. The first kappa shape index (κ1) is 16.4. The molecule has 1 aliphatic carbocycles. The largest absolute Gasteiger partial charge is 0.548 e. The summed E-state index contributed by atoms with van der Waals surface area (Å²) >= 11 is 0. The number of aliphatic hydroxyl groups excluding tert-OH is 1. The molecule has 0 saturated heterocycles. The number of ketones is 1. The zero-order valence-electron chi connectivity index (χ0n) is 12.5. The molecule has 0 radical (unpaired) electrons. The van der Waals surface area contributed by atoms with Crippen LogP contribution < -0.4 is 10.4 Å². The predicted octanol–water partition coefficient (Wildman–Crippen LogP) is 0.434. The fourth-order valence-corrected chi connectivity index (χ4v) is 2.27. The fraction of sp³-hybridized carbons (Fsp3) is 0.250. The molecule has 0 bridgehead atoms. The summed E-state index contributed by atoms with van der Waals surface area (Å²) in [4.78, 5) is 37.8.